The molecule has 1 unspecified atom stereocenters. The summed E-state index contributed by atoms with van der Waals surface area (Å²) >= 11 is 0. The Balaban J connectivity index is 2.00. The van der Waals surface area contributed by atoms with E-state index in [0.29, 0.717) is 5.92 Å². The van der Waals surface area contributed by atoms with Crippen molar-refractivity contribution in [2.75, 3.05) is 13.1 Å². The topological polar surface area (TPSA) is 29.3 Å². The first kappa shape index (κ1) is 18.0. The van der Waals surface area contributed by atoms with Crippen LogP contribution in [0.1, 0.15) is 36.0 Å². The van der Waals surface area contributed by atoms with Gasteiger partial charge >= 0.3 is 0 Å². The zero-order valence-corrected chi connectivity index (χ0v) is 15.8. The number of nitrogens with zero attached hydrogens (tertiary/aromatic N) is 1. The lowest BCUT2D eigenvalue weighted by atomic mass is 9.60. The minimum atomic E-state index is -0.203. The van der Waals surface area contributed by atoms with Gasteiger partial charge in [-0.1, -0.05) is 97.4 Å². The van der Waals surface area contributed by atoms with E-state index in [4.69, 9.17) is 5.84 Å². The lowest BCUT2D eigenvalue weighted by Crippen LogP contribution is -2.45. The van der Waals surface area contributed by atoms with E-state index in [1.807, 2.05) is 5.01 Å². The summed E-state index contributed by atoms with van der Waals surface area (Å²) < 4.78 is 0. The standard InChI is InChI=1S/C25H28N2/c26-27-19-11-10-18-24(20-27)25(21-12-4-1-5-13-21,22-14-6-2-7-15-22)23-16-8-3-9-17-23/h1-9,12-17,24H,10-11,18-20,26H2. The van der Waals surface area contributed by atoms with Crippen molar-refractivity contribution in [1.82, 2.24) is 5.01 Å². The normalized spacial score (nSPS) is 18.8. The first-order chi connectivity index (χ1) is 13.3. The smallest absolute Gasteiger partial charge is 0.0492 e. The minimum Gasteiger partial charge on any atom is -0.269 e. The van der Waals surface area contributed by atoms with Crippen molar-refractivity contribution in [3.05, 3.63) is 108 Å². The fourth-order valence-electron chi connectivity index (χ4n) is 4.83. The average Bonchev–Trinajstić information content (AvgIpc) is 2.96. The van der Waals surface area contributed by atoms with E-state index in [0.717, 1.165) is 13.1 Å². The van der Waals surface area contributed by atoms with Crippen LogP contribution < -0.4 is 5.84 Å². The van der Waals surface area contributed by atoms with Crippen LogP contribution in [0.4, 0.5) is 0 Å². The maximum atomic E-state index is 6.39. The van der Waals surface area contributed by atoms with E-state index in [1.165, 1.54) is 36.0 Å². The summed E-state index contributed by atoms with van der Waals surface area (Å²) in [5.74, 6) is 6.80. The molecular weight excluding hydrogens is 328 g/mol. The zero-order chi connectivity index (χ0) is 18.5. The maximum Gasteiger partial charge on any atom is 0.0492 e. The Morgan fingerprint density at radius 1 is 0.667 bits per heavy atom. The van der Waals surface area contributed by atoms with E-state index >= 15 is 0 Å². The monoisotopic (exact) mass is 356 g/mol. The first-order valence-electron chi connectivity index (χ1n) is 9.98. The van der Waals surface area contributed by atoms with Gasteiger partial charge in [0.1, 0.15) is 0 Å². The predicted octanol–water partition coefficient (Wildman–Crippen LogP) is 5.00. The highest BCUT2D eigenvalue weighted by molar-refractivity contribution is 5.51. The van der Waals surface area contributed by atoms with Crippen molar-refractivity contribution in [1.29, 1.82) is 0 Å². The van der Waals surface area contributed by atoms with Crippen LogP contribution in [0.3, 0.4) is 0 Å². The lowest BCUT2D eigenvalue weighted by Gasteiger charge is -2.43. The van der Waals surface area contributed by atoms with Gasteiger partial charge in [0.05, 0.1) is 0 Å². The second-order valence-electron chi connectivity index (χ2n) is 7.59. The Bertz CT molecular complexity index is 733. The number of hydrazine groups is 1. The molecule has 2 N–H and O–H groups in total. The molecular formula is C25H28N2. The zero-order valence-electron chi connectivity index (χ0n) is 15.8. The lowest BCUT2D eigenvalue weighted by molar-refractivity contribution is 0.219. The minimum absolute atomic E-state index is 0.203. The molecule has 1 aliphatic rings. The molecule has 0 spiro atoms. The van der Waals surface area contributed by atoms with Crippen LogP contribution in [-0.4, -0.2) is 18.1 Å². The van der Waals surface area contributed by atoms with Gasteiger partial charge in [0.2, 0.25) is 0 Å². The fourth-order valence-corrected chi connectivity index (χ4v) is 4.83. The third-order valence-electron chi connectivity index (χ3n) is 6.00. The van der Waals surface area contributed by atoms with Gasteiger partial charge in [-0.15, -0.1) is 0 Å². The van der Waals surface area contributed by atoms with Crippen molar-refractivity contribution in [2.45, 2.75) is 24.7 Å². The van der Waals surface area contributed by atoms with Gasteiger partial charge in [-0.05, 0) is 35.4 Å². The van der Waals surface area contributed by atoms with Crippen molar-refractivity contribution in [3.63, 3.8) is 0 Å². The van der Waals surface area contributed by atoms with E-state index in [-0.39, 0.29) is 5.41 Å². The highest BCUT2D eigenvalue weighted by Gasteiger charge is 2.44. The molecule has 27 heavy (non-hydrogen) atoms. The number of hydrogen-bond donors (Lipinski definition) is 1. The molecule has 3 aromatic carbocycles. The van der Waals surface area contributed by atoms with E-state index in [1.54, 1.807) is 0 Å². The average molecular weight is 357 g/mol. The molecule has 0 saturated carbocycles. The molecule has 1 fully saturated rings. The Labute approximate surface area is 162 Å². The van der Waals surface area contributed by atoms with E-state index < -0.39 is 0 Å². The third-order valence-corrected chi connectivity index (χ3v) is 6.00. The number of hydrogen-bond acceptors (Lipinski definition) is 2. The molecule has 0 aromatic heterocycles. The molecule has 2 heteroatoms. The van der Waals surface area contributed by atoms with Crippen LogP contribution in [-0.2, 0) is 5.41 Å². The third kappa shape index (κ3) is 3.43. The second kappa shape index (κ2) is 8.08. The van der Waals surface area contributed by atoms with Gasteiger partial charge < -0.3 is 0 Å². The van der Waals surface area contributed by atoms with Crippen LogP contribution in [0, 0.1) is 5.92 Å². The van der Waals surface area contributed by atoms with Crippen LogP contribution in [0.5, 0.6) is 0 Å². The Morgan fingerprint density at radius 3 is 1.56 bits per heavy atom. The Hall–Kier alpha value is -2.42. The van der Waals surface area contributed by atoms with Crippen LogP contribution in [0.15, 0.2) is 91.0 Å². The van der Waals surface area contributed by atoms with E-state index in [2.05, 4.69) is 91.0 Å². The summed E-state index contributed by atoms with van der Waals surface area (Å²) in [5.41, 5.74) is 3.85. The van der Waals surface area contributed by atoms with Crippen molar-refractivity contribution < 1.29 is 0 Å². The van der Waals surface area contributed by atoms with E-state index in [9.17, 15) is 0 Å². The summed E-state index contributed by atoms with van der Waals surface area (Å²) in [5, 5.41) is 2.03. The van der Waals surface area contributed by atoms with Gasteiger partial charge in [-0.3, -0.25) is 5.84 Å². The van der Waals surface area contributed by atoms with Crippen LogP contribution >= 0.6 is 0 Å². The van der Waals surface area contributed by atoms with Crippen molar-refractivity contribution >= 4 is 0 Å². The molecule has 2 nitrogen and oxygen atoms in total. The van der Waals surface area contributed by atoms with Crippen LogP contribution in [0.2, 0.25) is 0 Å². The van der Waals surface area contributed by atoms with Gasteiger partial charge in [0.15, 0.2) is 0 Å². The van der Waals surface area contributed by atoms with Gasteiger partial charge in [0, 0.05) is 18.5 Å². The Morgan fingerprint density at radius 2 is 1.11 bits per heavy atom. The molecule has 0 radical (unpaired) electrons. The van der Waals surface area contributed by atoms with Crippen LogP contribution in [0.25, 0.3) is 0 Å². The molecule has 1 atom stereocenters. The SMILES string of the molecule is NN1CCCCC(C(c2ccccc2)(c2ccccc2)c2ccccc2)C1. The molecule has 1 aliphatic heterocycles. The molecule has 0 amide bonds. The Kier molecular flexibility index (Phi) is 5.38. The number of rotatable bonds is 4. The molecule has 0 bridgehead atoms. The summed E-state index contributed by atoms with van der Waals surface area (Å²) in [4.78, 5) is 0. The molecule has 3 aromatic rings. The first-order valence-corrected chi connectivity index (χ1v) is 9.98. The highest BCUT2D eigenvalue weighted by Crippen LogP contribution is 2.47. The molecule has 1 heterocycles. The number of benzene rings is 3. The quantitative estimate of drug-likeness (QED) is 0.527. The summed E-state index contributed by atoms with van der Waals surface area (Å²) in [6.45, 7) is 1.88. The predicted molar refractivity (Wildman–Crippen MR) is 112 cm³/mol. The van der Waals surface area contributed by atoms with Gasteiger partial charge in [-0.2, -0.15) is 0 Å². The van der Waals surface area contributed by atoms with Gasteiger partial charge in [-0.25, -0.2) is 5.01 Å². The summed E-state index contributed by atoms with van der Waals surface area (Å²) in [6, 6.07) is 33.0. The van der Waals surface area contributed by atoms with Crippen molar-refractivity contribution in [2.24, 2.45) is 11.8 Å². The second-order valence-corrected chi connectivity index (χ2v) is 7.59. The molecule has 0 aliphatic carbocycles. The largest absolute Gasteiger partial charge is 0.269 e. The number of nitrogens with two attached hydrogens (primary N) is 1. The summed E-state index contributed by atoms with van der Waals surface area (Å²) in [7, 11) is 0. The fraction of sp³-hybridized carbons (Fsp3) is 0.280. The molecule has 138 valence electrons. The highest BCUT2D eigenvalue weighted by atomic mass is 15.4. The molecule has 1 saturated heterocycles. The van der Waals surface area contributed by atoms with Crippen molar-refractivity contribution in [3.8, 4) is 0 Å². The maximum absolute atomic E-state index is 6.39. The molecule has 4 rings (SSSR count). The summed E-state index contributed by atoms with van der Waals surface area (Å²) in [6.07, 6.45) is 3.56. The van der Waals surface area contributed by atoms with Gasteiger partial charge in [0.25, 0.3) is 0 Å².